The average Bonchev–Trinajstić information content (AvgIpc) is 3.29. The van der Waals surface area contributed by atoms with Gasteiger partial charge in [-0.25, -0.2) is 0 Å². The molecule has 4 rings (SSSR count). The summed E-state index contributed by atoms with van der Waals surface area (Å²) in [6, 6.07) is 5.82. The van der Waals surface area contributed by atoms with Crippen molar-refractivity contribution in [3.05, 3.63) is 18.2 Å². The monoisotopic (exact) mass is 361 g/mol. The molecule has 1 aromatic heterocycles. The number of amides is 1. The molecule has 1 amide bonds. The summed E-state index contributed by atoms with van der Waals surface area (Å²) in [6.07, 6.45) is 5.81. The van der Waals surface area contributed by atoms with Crippen molar-refractivity contribution in [2.24, 2.45) is 0 Å². The highest BCUT2D eigenvalue weighted by Gasteiger charge is 2.19. The van der Waals surface area contributed by atoms with Crippen molar-refractivity contribution < 1.29 is 14.3 Å². The lowest BCUT2D eigenvalue weighted by Crippen LogP contribution is -2.37. The molecular weight excluding hydrogens is 342 g/mol. The molecule has 0 saturated heterocycles. The molecule has 0 atom stereocenters. The van der Waals surface area contributed by atoms with Crippen molar-refractivity contribution in [2.45, 2.75) is 43.3 Å². The number of tetrazole rings is 1. The Kier molecular flexibility index (Phi) is 4.73. The molecule has 2 aromatic rings. The maximum Gasteiger partial charge on any atom is 0.231 e. The third kappa shape index (κ3) is 3.71. The number of rotatable bonds is 5. The van der Waals surface area contributed by atoms with Gasteiger partial charge in [-0.2, -0.15) is 4.68 Å². The van der Waals surface area contributed by atoms with Gasteiger partial charge in [0.25, 0.3) is 0 Å². The van der Waals surface area contributed by atoms with E-state index in [1.165, 1.54) is 31.0 Å². The number of aromatic nitrogens is 4. The van der Waals surface area contributed by atoms with Gasteiger partial charge in [0, 0.05) is 12.1 Å². The van der Waals surface area contributed by atoms with Gasteiger partial charge in [-0.3, -0.25) is 4.79 Å². The zero-order valence-electron chi connectivity index (χ0n) is 13.7. The first-order valence-corrected chi connectivity index (χ1v) is 9.39. The Morgan fingerprint density at radius 3 is 2.96 bits per heavy atom. The molecule has 1 aliphatic heterocycles. The molecule has 2 heterocycles. The van der Waals surface area contributed by atoms with Crippen molar-refractivity contribution in [3.63, 3.8) is 0 Å². The van der Waals surface area contributed by atoms with E-state index in [1.807, 2.05) is 18.2 Å². The molecule has 9 heteroatoms. The fraction of sp³-hybridized carbons (Fsp3) is 0.500. The Hall–Kier alpha value is -2.29. The van der Waals surface area contributed by atoms with Gasteiger partial charge in [0.1, 0.15) is 0 Å². The number of carbonyl (C=O) groups is 1. The van der Waals surface area contributed by atoms with Crippen LogP contribution in [0.4, 0.5) is 0 Å². The van der Waals surface area contributed by atoms with Crippen LogP contribution in [0.1, 0.15) is 32.1 Å². The van der Waals surface area contributed by atoms with Crippen LogP contribution in [0.15, 0.2) is 23.4 Å². The Bertz CT molecular complexity index is 760. The number of thioether (sulfide) groups is 1. The quantitative estimate of drug-likeness (QED) is 0.814. The minimum Gasteiger partial charge on any atom is -0.454 e. The van der Waals surface area contributed by atoms with Crippen LogP contribution in [0.3, 0.4) is 0 Å². The summed E-state index contributed by atoms with van der Waals surface area (Å²) in [4.78, 5) is 12.2. The van der Waals surface area contributed by atoms with Gasteiger partial charge >= 0.3 is 0 Å². The minimum atomic E-state index is 0.0251. The summed E-state index contributed by atoms with van der Waals surface area (Å²) in [5, 5.41) is 15.4. The van der Waals surface area contributed by atoms with E-state index in [-0.39, 0.29) is 12.7 Å². The Balaban J connectivity index is 1.39. The molecule has 0 bridgehead atoms. The van der Waals surface area contributed by atoms with Crippen molar-refractivity contribution >= 4 is 17.7 Å². The van der Waals surface area contributed by atoms with E-state index in [0.29, 0.717) is 28.5 Å². The van der Waals surface area contributed by atoms with Gasteiger partial charge in [-0.15, -0.1) is 5.10 Å². The third-order valence-corrected chi connectivity index (χ3v) is 5.26. The SMILES string of the molecule is O=C(CSc1nnnn1-c1ccc2c(c1)OCO2)NC1CCCCC1. The van der Waals surface area contributed by atoms with E-state index in [9.17, 15) is 4.79 Å². The van der Waals surface area contributed by atoms with Gasteiger partial charge < -0.3 is 14.8 Å². The summed E-state index contributed by atoms with van der Waals surface area (Å²) >= 11 is 1.32. The van der Waals surface area contributed by atoms with E-state index < -0.39 is 0 Å². The standard InChI is InChI=1S/C16H19N5O3S/c22-15(17-11-4-2-1-3-5-11)9-25-16-18-19-20-21(16)12-6-7-13-14(8-12)24-10-23-13/h6-8,11H,1-5,9-10H2,(H,17,22). The smallest absolute Gasteiger partial charge is 0.231 e. The Morgan fingerprint density at radius 1 is 1.24 bits per heavy atom. The number of ether oxygens (including phenoxy) is 2. The highest BCUT2D eigenvalue weighted by Crippen LogP contribution is 2.34. The second-order valence-corrected chi connectivity index (χ2v) is 7.04. The van der Waals surface area contributed by atoms with E-state index in [1.54, 1.807) is 4.68 Å². The summed E-state index contributed by atoms with van der Waals surface area (Å²) in [6.45, 7) is 0.220. The molecule has 1 fully saturated rings. The average molecular weight is 361 g/mol. The maximum atomic E-state index is 12.2. The highest BCUT2D eigenvalue weighted by atomic mass is 32.2. The van der Waals surface area contributed by atoms with Crippen molar-refractivity contribution in [1.82, 2.24) is 25.5 Å². The molecular formula is C16H19N5O3S. The first kappa shape index (κ1) is 16.2. The van der Waals surface area contributed by atoms with Gasteiger partial charge in [-0.1, -0.05) is 31.0 Å². The lowest BCUT2D eigenvalue weighted by molar-refractivity contribution is -0.119. The summed E-state index contributed by atoms with van der Waals surface area (Å²) in [5.74, 6) is 1.69. The number of hydrogen-bond acceptors (Lipinski definition) is 7. The van der Waals surface area contributed by atoms with Crippen molar-refractivity contribution in [1.29, 1.82) is 0 Å². The second kappa shape index (κ2) is 7.30. The minimum absolute atomic E-state index is 0.0251. The van der Waals surface area contributed by atoms with Crippen LogP contribution in [0, 0.1) is 0 Å². The molecule has 0 radical (unpaired) electrons. The molecule has 25 heavy (non-hydrogen) atoms. The summed E-state index contributed by atoms with van der Waals surface area (Å²) in [5.41, 5.74) is 0.768. The molecule has 8 nitrogen and oxygen atoms in total. The Labute approximate surface area is 149 Å². The molecule has 1 N–H and O–H groups in total. The van der Waals surface area contributed by atoms with E-state index >= 15 is 0 Å². The van der Waals surface area contributed by atoms with Crippen LogP contribution in [-0.4, -0.2) is 44.7 Å². The van der Waals surface area contributed by atoms with E-state index in [2.05, 4.69) is 20.8 Å². The molecule has 1 aliphatic carbocycles. The third-order valence-electron chi connectivity index (χ3n) is 4.34. The van der Waals surface area contributed by atoms with Crippen LogP contribution in [-0.2, 0) is 4.79 Å². The normalized spacial score (nSPS) is 16.8. The summed E-state index contributed by atoms with van der Waals surface area (Å²) < 4.78 is 12.3. The topological polar surface area (TPSA) is 91.2 Å². The molecule has 132 valence electrons. The number of nitrogens with one attached hydrogen (secondary N) is 1. The van der Waals surface area contributed by atoms with Crippen LogP contribution in [0.25, 0.3) is 5.69 Å². The van der Waals surface area contributed by atoms with Crippen LogP contribution in [0.5, 0.6) is 11.5 Å². The maximum absolute atomic E-state index is 12.2. The van der Waals surface area contributed by atoms with Crippen LogP contribution < -0.4 is 14.8 Å². The van der Waals surface area contributed by atoms with Gasteiger partial charge in [0.2, 0.25) is 17.9 Å². The first-order valence-electron chi connectivity index (χ1n) is 8.40. The van der Waals surface area contributed by atoms with Crippen molar-refractivity contribution in [2.75, 3.05) is 12.5 Å². The van der Waals surface area contributed by atoms with Crippen LogP contribution in [0.2, 0.25) is 0 Å². The number of nitrogens with zero attached hydrogens (tertiary/aromatic N) is 4. The lowest BCUT2D eigenvalue weighted by Gasteiger charge is -2.22. The van der Waals surface area contributed by atoms with Crippen molar-refractivity contribution in [3.8, 4) is 17.2 Å². The second-order valence-electron chi connectivity index (χ2n) is 6.10. The summed E-state index contributed by atoms with van der Waals surface area (Å²) in [7, 11) is 0. The van der Waals surface area contributed by atoms with E-state index in [4.69, 9.17) is 9.47 Å². The predicted octanol–water partition coefficient (Wildman–Crippen LogP) is 1.93. The fourth-order valence-electron chi connectivity index (χ4n) is 3.09. The number of fused-ring (bicyclic) bond motifs is 1. The molecule has 0 unspecified atom stereocenters. The highest BCUT2D eigenvalue weighted by molar-refractivity contribution is 7.99. The largest absolute Gasteiger partial charge is 0.454 e. The van der Waals surface area contributed by atoms with Gasteiger partial charge in [-0.05, 0) is 35.4 Å². The number of carbonyl (C=O) groups excluding carboxylic acids is 1. The lowest BCUT2D eigenvalue weighted by atomic mass is 9.95. The molecule has 1 aromatic carbocycles. The predicted molar refractivity (Wildman–Crippen MR) is 91.0 cm³/mol. The zero-order chi connectivity index (χ0) is 17.1. The number of hydrogen-bond donors (Lipinski definition) is 1. The van der Waals surface area contributed by atoms with Gasteiger partial charge in [0.15, 0.2) is 11.5 Å². The first-order chi connectivity index (χ1) is 12.3. The molecule has 2 aliphatic rings. The van der Waals surface area contributed by atoms with E-state index in [0.717, 1.165) is 18.5 Å². The number of benzene rings is 1. The zero-order valence-corrected chi connectivity index (χ0v) is 14.5. The molecule has 1 saturated carbocycles. The fourth-order valence-corrected chi connectivity index (χ4v) is 3.80. The Morgan fingerprint density at radius 2 is 2.08 bits per heavy atom. The van der Waals surface area contributed by atoms with Crippen LogP contribution >= 0.6 is 11.8 Å². The van der Waals surface area contributed by atoms with Gasteiger partial charge in [0.05, 0.1) is 11.4 Å². The molecule has 0 spiro atoms.